The van der Waals surface area contributed by atoms with Gasteiger partial charge >= 0.3 is 0 Å². The summed E-state index contributed by atoms with van der Waals surface area (Å²) in [5, 5.41) is 0.847. The van der Waals surface area contributed by atoms with Gasteiger partial charge in [0.2, 0.25) is 0 Å². The van der Waals surface area contributed by atoms with Crippen molar-refractivity contribution in [2.75, 3.05) is 7.11 Å². The first-order chi connectivity index (χ1) is 8.60. The minimum absolute atomic E-state index is 0.0508. The highest BCUT2D eigenvalue weighted by atomic mass is 32.1. The molecule has 0 aliphatic heterocycles. The Bertz CT molecular complexity index is 580. The van der Waals surface area contributed by atoms with Crippen molar-refractivity contribution in [2.24, 2.45) is 0 Å². The summed E-state index contributed by atoms with van der Waals surface area (Å²) in [5.41, 5.74) is 0.629. The number of benzene rings is 1. The Labute approximate surface area is 108 Å². The maximum atomic E-state index is 13.5. The minimum atomic E-state index is -0.455. The molecule has 3 nitrogen and oxygen atoms in total. The lowest BCUT2D eigenvalue weighted by Gasteiger charge is -2.04. The van der Waals surface area contributed by atoms with Crippen molar-refractivity contribution in [1.82, 2.24) is 4.98 Å². The Morgan fingerprint density at radius 3 is 2.83 bits per heavy atom. The number of aryl methyl sites for hydroxylation is 1. The van der Waals surface area contributed by atoms with Crippen LogP contribution in [-0.4, -0.2) is 17.9 Å². The molecule has 0 saturated carbocycles. The van der Waals surface area contributed by atoms with Gasteiger partial charge in [0, 0.05) is 12.6 Å². The molecule has 0 fully saturated rings. The van der Waals surface area contributed by atoms with E-state index in [-0.39, 0.29) is 18.0 Å². The van der Waals surface area contributed by atoms with Crippen molar-refractivity contribution in [3.05, 3.63) is 45.7 Å². The number of Topliss-reactive ketones (excluding diaryl/α,β-unsaturated/α-hetero) is 1. The van der Waals surface area contributed by atoms with Gasteiger partial charge in [0.1, 0.15) is 0 Å². The fraction of sp³-hybridized carbons (Fsp3) is 0.231. The lowest BCUT2D eigenvalue weighted by Crippen LogP contribution is -2.02. The number of hydrogen-bond donors (Lipinski definition) is 0. The van der Waals surface area contributed by atoms with Crippen LogP contribution in [0.25, 0.3) is 0 Å². The molecule has 2 rings (SSSR count). The third-order valence-corrected chi connectivity index (χ3v) is 3.43. The molecule has 18 heavy (non-hydrogen) atoms. The Morgan fingerprint density at radius 2 is 2.28 bits per heavy atom. The number of carbonyl (C=O) groups is 1. The highest BCUT2D eigenvalue weighted by Crippen LogP contribution is 2.20. The number of rotatable bonds is 4. The van der Waals surface area contributed by atoms with Crippen molar-refractivity contribution < 1.29 is 13.9 Å². The van der Waals surface area contributed by atoms with E-state index in [1.807, 2.05) is 6.92 Å². The van der Waals surface area contributed by atoms with Crippen molar-refractivity contribution in [3.8, 4) is 5.75 Å². The number of methoxy groups -OCH3 is 1. The highest BCUT2D eigenvalue weighted by molar-refractivity contribution is 7.13. The van der Waals surface area contributed by atoms with Gasteiger partial charge in [-0.05, 0) is 24.6 Å². The largest absolute Gasteiger partial charge is 0.494 e. The third-order valence-electron chi connectivity index (χ3n) is 2.48. The van der Waals surface area contributed by atoms with Crippen LogP contribution in [0.5, 0.6) is 5.75 Å². The van der Waals surface area contributed by atoms with Crippen LogP contribution in [0.3, 0.4) is 0 Å². The van der Waals surface area contributed by atoms with E-state index in [0.29, 0.717) is 10.4 Å². The fourth-order valence-electron chi connectivity index (χ4n) is 1.58. The van der Waals surface area contributed by atoms with E-state index < -0.39 is 5.82 Å². The maximum Gasteiger partial charge on any atom is 0.178 e. The molecular weight excluding hydrogens is 253 g/mol. The number of carbonyl (C=O) groups excluding carboxylic acids is 1. The van der Waals surface area contributed by atoms with E-state index in [1.54, 1.807) is 12.3 Å². The summed E-state index contributed by atoms with van der Waals surface area (Å²) in [6, 6.07) is 4.54. The molecule has 1 aromatic carbocycles. The number of aromatic nitrogens is 1. The molecule has 0 amide bonds. The van der Waals surface area contributed by atoms with E-state index in [4.69, 9.17) is 4.74 Å². The molecule has 94 valence electrons. The molecule has 1 aromatic heterocycles. The highest BCUT2D eigenvalue weighted by Gasteiger charge is 2.11. The van der Waals surface area contributed by atoms with Crippen molar-refractivity contribution in [2.45, 2.75) is 13.3 Å². The molecule has 0 bridgehead atoms. The second kappa shape index (κ2) is 5.27. The van der Waals surface area contributed by atoms with E-state index in [1.165, 1.54) is 30.6 Å². The monoisotopic (exact) mass is 265 g/mol. The topological polar surface area (TPSA) is 39.2 Å². The summed E-state index contributed by atoms with van der Waals surface area (Å²) in [6.45, 7) is 1.84. The summed E-state index contributed by atoms with van der Waals surface area (Å²) < 4.78 is 18.3. The molecule has 0 unspecified atom stereocenters. The molecule has 5 heteroatoms. The molecular formula is C13H12FNO2S. The number of thiazole rings is 1. The molecule has 0 aliphatic carbocycles. The zero-order valence-corrected chi connectivity index (χ0v) is 10.9. The van der Waals surface area contributed by atoms with E-state index >= 15 is 0 Å². The molecule has 1 heterocycles. The first-order valence-electron chi connectivity index (χ1n) is 5.38. The van der Waals surface area contributed by atoms with Crippen LogP contribution >= 0.6 is 11.3 Å². The average molecular weight is 265 g/mol. The van der Waals surface area contributed by atoms with Crippen LogP contribution < -0.4 is 4.74 Å². The Hall–Kier alpha value is -1.75. The molecule has 0 spiro atoms. The number of hydrogen-bond acceptors (Lipinski definition) is 4. The van der Waals surface area contributed by atoms with Gasteiger partial charge in [0.25, 0.3) is 0 Å². The summed E-state index contributed by atoms with van der Waals surface area (Å²) >= 11 is 1.35. The predicted octanol–water partition coefficient (Wildman–Crippen LogP) is 3.02. The van der Waals surface area contributed by atoms with Gasteiger partial charge in [-0.1, -0.05) is 6.07 Å². The second-order valence-electron chi connectivity index (χ2n) is 3.81. The standard InChI is InChI=1S/C13H12FNO2S/c1-8-15-7-13(18-8)11(16)6-9-3-4-12(17-2)10(14)5-9/h3-5,7H,6H2,1-2H3. The smallest absolute Gasteiger partial charge is 0.178 e. The molecule has 0 radical (unpaired) electrons. The zero-order valence-electron chi connectivity index (χ0n) is 10.1. The number of halogens is 1. The van der Waals surface area contributed by atoms with Crippen LogP contribution in [0, 0.1) is 12.7 Å². The van der Waals surface area contributed by atoms with Gasteiger partial charge in [-0.3, -0.25) is 4.79 Å². The lowest BCUT2D eigenvalue weighted by molar-refractivity contribution is 0.0996. The quantitative estimate of drug-likeness (QED) is 0.798. The number of nitrogens with zero attached hydrogens (tertiary/aromatic N) is 1. The van der Waals surface area contributed by atoms with Crippen LogP contribution in [0.4, 0.5) is 4.39 Å². The zero-order chi connectivity index (χ0) is 13.1. The average Bonchev–Trinajstić information content (AvgIpc) is 2.76. The molecule has 0 saturated heterocycles. The summed E-state index contributed by atoms with van der Waals surface area (Å²) in [5.74, 6) is -0.326. The fourth-order valence-corrected chi connectivity index (χ4v) is 2.30. The van der Waals surface area contributed by atoms with Crippen LogP contribution in [0.1, 0.15) is 20.2 Å². The molecule has 0 N–H and O–H groups in total. The molecule has 0 atom stereocenters. The maximum absolute atomic E-state index is 13.5. The predicted molar refractivity (Wildman–Crippen MR) is 67.8 cm³/mol. The van der Waals surface area contributed by atoms with E-state index in [2.05, 4.69) is 4.98 Å². The molecule has 0 aliphatic rings. The van der Waals surface area contributed by atoms with Crippen molar-refractivity contribution >= 4 is 17.1 Å². The van der Waals surface area contributed by atoms with Crippen LogP contribution in [0.2, 0.25) is 0 Å². The van der Waals surface area contributed by atoms with Gasteiger partial charge < -0.3 is 4.74 Å². The third kappa shape index (κ3) is 2.73. The Kier molecular flexibility index (Phi) is 3.72. The van der Waals surface area contributed by atoms with Gasteiger partial charge in [-0.15, -0.1) is 11.3 Å². The van der Waals surface area contributed by atoms with Gasteiger partial charge in [-0.2, -0.15) is 0 Å². The number of ether oxygens (including phenoxy) is 1. The first-order valence-corrected chi connectivity index (χ1v) is 6.20. The SMILES string of the molecule is COc1ccc(CC(=O)c2cnc(C)s2)cc1F. The van der Waals surface area contributed by atoms with Crippen molar-refractivity contribution in [1.29, 1.82) is 0 Å². The summed E-state index contributed by atoms with van der Waals surface area (Å²) in [7, 11) is 1.41. The van der Waals surface area contributed by atoms with Gasteiger partial charge in [0.15, 0.2) is 17.3 Å². The summed E-state index contributed by atoms with van der Waals surface area (Å²) in [4.78, 5) is 16.5. The molecule has 2 aromatic rings. The minimum Gasteiger partial charge on any atom is -0.494 e. The van der Waals surface area contributed by atoms with Gasteiger partial charge in [-0.25, -0.2) is 9.37 Å². The second-order valence-corrected chi connectivity index (χ2v) is 5.05. The van der Waals surface area contributed by atoms with Gasteiger partial charge in [0.05, 0.1) is 17.0 Å². The first kappa shape index (κ1) is 12.7. The normalized spacial score (nSPS) is 10.4. The lowest BCUT2D eigenvalue weighted by atomic mass is 10.1. The van der Waals surface area contributed by atoms with Crippen LogP contribution in [0.15, 0.2) is 24.4 Å². The van der Waals surface area contributed by atoms with E-state index in [9.17, 15) is 9.18 Å². The van der Waals surface area contributed by atoms with Crippen LogP contribution in [-0.2, 0) is 6.42 Å². The number of ketones is 1. The summed E-state index contributed by atoms with van der Waals surface area (Å²) in [6.07, 6.45) is 1.73. The Balaban J connectivity index is 2.14. The Morgan fingerprint density at radius 1 is 1.50 bits per heavy atom. The van der Waals surface area contributed by atoms with Crippen molar-refractivity contribution in [3.63, 3.8) is 0 Å². The van der Waals surface area contributed by atoms with E-state index in [0.717, 1.165) is 5.01 Å².